The lowest BCUT2D eigenvalue weighted by molar-refractivity contribution is -0.139. The normalized spacial score (nSPS) is 18.4. The molecule has 0 saturated heterocycles. The number of hydrogen-bond donors (Lipinski definition) is 0. The van der Waals surface area contributed by atoms with Crippen LogP contribution in [0.25, 0.3) is 5.70 Å². The smallest absolute Gasteiger partial charge is 0.336 e. The minimum absolute atomic E-state index is 0.0303. The van der Waals surface area contributed by atoms with Crippen LogP contribution >= 0.6 is 0 Å². The van der Waals surface area contributed by atoms with Crippen molar-refractivity contribution in [3.05, 3.63) is 70.8 Å². The summed E-state index contributed by atoms with van der Waals surface area (Å²) in [4.78, 5) is 28.0. The molecule has 1 atom stereocenters. The maximum atomic E-state index is 13.4. The van der Waals surface area contributed by atoms with Crippen molar-refractivity contribution in [3.63, 3.8) is 0 Å². The van der Waals surface area contributed by atoms with Crippen LogP contribution < -0.4 is 4.74 Å². The molecule has 28 heavy (non-hydrogen) atoms. The van der Waals surface area contributed by atoms with Gasteiger partial charge in [-0.25, -0.2) is 4.79 Å². The molecule has 1 unspecified atom stereocenters. The quantitative estimate of drug-likeness (QED) is 0.765. The van der Waals surface area contributed by atoms with Gasteiger partial charge in [-0.2, -0.15) is 0 Å². The average molecular weight is 377 g/mol. The Morgan fingerprint density at radius 1 is 1.18 bits per heavy atom. The zero-order valence-electron chi connectivity index (χ0n) is 16.1. The van der Waals surface area contributed by atoms with E-state index in [9.17, 15) is 9.59 Å². The second kappa shape index (κ2) is 7.50. The van der Waals surface area contributed by atoms with Gasteiger partial charge in [0.15, 0.2) is 0 Å². The van der Waals surface area contributed by atoms with Crippen LogP contribution in [0.2, 0.25) is 0 Å². The van der Waals surface area contributed by atoms with E-state index in [4.69, 9.17) is 9.47 Å². The zero-order chi connectivity index (χ0) is 19.7. The maximum Gasteiger partial charge on any atom is 0.336 e. The number of rotatable bonds is 4. The summed E-state index contributed by atoms with van der Waals surface area (Å²) in [5, 5.41) is 0. The highest BCUT2D eigenvalue weighted by Crippen LogP contribution is 2.43. The number of carbonyl (C=O) groups excluding carboxylic acids is 2. The van der Waals surface area contributed by atoms with Gasteiger partial charge in [0, 0.05) is 12.1 Å². The fourth-order valence-corrected chi connectivity index (χ4v) is 4.08. The Bertz CT molecular complexity index is 948. The number of esters is 1. The fraction of sp³-hybridized carbons (Fsp3) is 0.304. The van der Waals surface area contributed by atoms with Crippen molar-refractivity contribution in [2.24, 2.45) is 0 Å². The van der Waals surface area contributed by atoms with E-state index in [1.165, 1.54) is 0 Å². The molecule has 0 fully saturated rings. The molecule has 5 heteroatoms. The van der Waals surface area contributed by atoms with E-state index in [2.05, 4.69) is 0 Å². The highest BCUT2D eigenvalue weighted by Gasteiger charge is 2.41. The Balaban J connectivity index is 1.88. The number of nitrogens with zero attached hydrogens (tertiary/aromatic N) is 1. The lowest BCUT2D eigenvalue weighted by Gasteiger charge is -2.39. The zero-order valence-corrected chi connectivity index (χ0v) is 16.1. The second-order valence-corrected chi connectivity index (χ2v) is 6.98. The largest absolute Gasteiger partial charge is 0.497 e. The van der Waals surface area contributed by atoms with Gasteiger partial charge in [0.2, 0.25) is 5.91 Å². The summed E-state index contributed by atoms with van der Waals surface area (Å²) in [5.41, 5.74) is 4.15. The number of methoxy groups -OCH3 is 1. The summed E-state index contributed by atoms with van der Waals surface area (Å²) in [7, 11) is 1.61. The van der Waals surface area contributed by atoms with Crippen LogP contribution in [-0.4, -0.2) is 37.0 Å². The lowest BCUT2D eigenvalue weighted by atomic mass is 9.82. The molecule has 2 aromatic rings. The first-order valence-corrected chi connectivity index (χ1v) is 9.58. The predicted molar refractivity (Wildman–Crippen MR) is 106 cm³/mol. The molecule has 2 heterocycles. The van der Waals surface area contributed by atoms with Crippen molar-refractivity contribution in [3.8, 4) is 5.75 Å². The van der Waals surface area contributed by atoms with E-state index in [1.54, 1.807) is 18.9 Å². The Morgan fingerprint density at radius 2 is 1.96 bits per heavy atom. The van der Waals surface area contributed by atoms with E-state index in [-0.39, 0.29) is 17.8 Å². The first kappa shape index (κ1) is 18.3. The van der Waals surface area contributed by atoms with Gasteiger partial charge in [0.25, 0.3) is 0 Å². The number of benzene rings is 2. The van der Waals surface area contributed by atoms with Crippen LogP contribution in [0.1, 0.15) is 36.0 Å². The van der Waals surface area contributed by atoms with Crippen LogP contribution in [-0.2, 0) is 20.7 Å². The molecule has 0 saturated carbocycles. The molecule has 0 bridgehead atoms. The molecule has 144 valence electrons. The Hall–Kier alpha value is -3.08. The summed E-state index contributed by atoms with van der Waals surface area (Å²) in [6.45, 7) is 2.64. The van der Waals surface area contributed by atoms with E-state index >= 15 is 0 Å². The van der Waals surface area contributed by atoms with Gasteiger partial charge in [-0.1, -0.05) is 36.4 Å². The third kappa shape index (κ3) is 3.07. The number of hydrogen-bond acceptors (Lipinski definition) is 4. The molecule has 0 N–H and O–H groups in total. The maximum absolute atomic E-state index is 13.4. The minimum atomic E-state index is -0.378. The van der Waals surface area contributed by atoms with Gasteiger partial charge >= 0.3 is 5.97 Å². The molecule has 4 rings (SSSR count). The Labute approximate surface area is 164 Å². The number of ether oxygens (including phenoxy) is 2. The van der Waals surface area contributed by atoms with Crippen LogP contribution in [0.5, 0.6) is 5.75 Å². The molecule has 2 aromatic carbocycles. The molecule has 1 amide bonds. The van der Waals surface area contributed by atoms with E-state index in [0.717, 1.165) is 23.1 Å². The summed E-state index contributed by atoms with van der Waals surface area (Å²) in [5.74, 6) is -0.000209. The summed E-state index contributed by atoms with van der Waals surface area (Å²) in [6, 6.07) is 15.5. The Morgan fingerprint density at radius 3 is 2.68 bits per heavy atom. The number of fused-ring (bicyclic) bond motifs is 3. The van der Waals surface area contributed by atoms with Crippen molar-refractivity contribution in [1.29, 1.82) is 0 Å². The van der Waals surface area contributed by atoms with Gasteiger partial charge < -0.3 is 14.4 Å². The number of carbonyl (C=O) groups is 2. The molecule has 0 aromatic heterocycles. The van der Waals surface area contributed by atoms with E-state index < -0.39 is 0 Å². The summed E-state index contributed by atoms with van der Waals surface area (Å²) >= 11 is 0. The van der Waals surface area contributed by atoms with Crippen LogP contribution in [0, 0.1) is 0 Å². The van der Waals surface area contributed by atoms with Crippen molar-refractivity contribution in [1.82, 2.24) is 4.90 Å². The monoisotopic (exact) mass is 377 g/mol. The number of amides is 1. The van der Waals surface area contributed by atoms with E-state index in [1.807, 2.05) is 48.5 Å². The molecular weight excluding hydrogens is 354 g/mol. The van der Waals surface area contributed by atoms with Gasteiger partial charge in [-0.05, 0) is 43.0 Å². The van der Waals surface area contributed by atoms with Crippen molar-refractivity contribution in [2.75, 3.05) is 20.3 Å². The van der Waals surface area contributed by atoms with Gasteiger partial charge in [-0.15, -0.1) is 0 Å². The third-order valence-corrected chi connectivity index (χ3v) is 5.43. The van der Waals surface area contributed by atoms with Crippen LogP contribution in [0.4, 0.5) is 0 Å². The molecule has 2 aliphatic heterocycles. The van der Waals surface area contributed by atoms with Gasteiger partial charge in [-0.3, -0.25) is 4.79 Å². The lowest BCUT2D eigenvalue weighted by Crippen LogP contribution is -2.43. The van der Waals surface area contributed by atoms with Gasteiger partial charge in [0.1, 0.15) is 5.75 Å². The van der Waals surface area contributed by atoms with Gasteiger partial charge in [0.05, 0.1) is 30.9 Å². The third-order valence-electron chi connectivity index (χ3n) is 5.43. The highest BCUT2D eigenvalue weighted by molar-refractivity contribution is 6.06. The minimum Gasteiger partial charge on any atom is -0.497 e. The molecule has 2 aliphatic rings. The molecule has 5 nitrogen and oxygen atoms in total. The topological polar surface area (TPSA) is 55.8 Å². The molecular formula is C23H23NO4. The van der Waals surface area contributed by atoms with E-state index in [0.29, 0.717) is 36.6 Å². The fourth-order valence-electron chi connectivity index (χ4n) is 4.08. The molecule has 0 spiro atoms. The first-order valence-electron chi connectivity index (χ1n) is 9.58. The second-order valence-electron chi connectivity index (χ2n) is 6.98. The highest BCUT2D eigenvalue weighted by atomic mass is 16.5. The van der Waals surface area contributed by atoms with Crippen molar-refractivity contribution >= 4 is 17.6 Å². The molecule has 0 aliphatic carbocycles. The average Bonchev–Trinajstić information content (AvgIpc) is 2.74. The van der Waals surface area contributed by atoms with Crippen LogP contribution in [0.3, 0.4) is 0 Å². The first-order chi connectivity index (χ1) is 13.6. The summed E-state index contributed by atoms with van der Waals surface area (Å²) < 4.78 is 10.7. The standard InChI is InChI=1S/C23H23NO4/c1-3-28-23(26)20-14-19(15-7-5-4-6-8-15)22(25)24-12-11-16-9-10-17(27-2)13-18(16)21(20)24/h4-10,13,19H,3,11-12,14H2,1-2H3. The van der Waals surface area contributed by atoms with Crippen molar-refractivity contribution < 1.29 is 19.1 Å². The SMILES string of the molecule is CCOC(=O)C1=C2c3cc(OC)ccc3CCN2C(=O)C(c2ccccc2)C1. The summed E-state index contributed by atoms with van der Waals surface area (Å²) in [6.07, 6.45) is 1.08. The predicted octanol–water partition coefficient (Wildman–Crippen LogP) is 3.54. The molecule has 0 radical (unpaired) electrons. The van der Waals surface area contributed by atoms with Crippen LogP contribution in [0.15, 0.2) is 54.1 Å². The Kier molecular flexibility index (Phi) is 4.90. The van der Waals surface area contributed by atoms with Crippen molar-refractivity contribution in [2.45, 2.75) is 25.7 Å².